The van der Waals surface area contributed by atoms with E-state index in [9.17, 15) is 0 Å². The summed E-state index contributed by atoms with van der Waals surface area (Å²) in [5, 5.41) is 15.1. The lowest BCUT2D eigenvalue weighted by molar-refractivity contribution is 0.313. The summed E-state index contributed by atoms with van der Waals surface area (Å²) in [4.78, 5) is 0. The van der Waals surface area contributed by atoms with Crippen molar-refractivity contribution in [2.75, 3.05) is 13.1 Å². The van der Waals surface area contributed by atoms with Crippen molar-refractivity contribution < 1.29 is 5.21 Å². The first-order chi connectivity index (χ1) is 7.72. The van der Waals surface area contributed by atoms with Crippen LogP contribution in [0.3, 0.4) is 0 Å². The first kappa shape index (κ1) is 11.7. The molecule has 0 saturated heterocycles. The van der Waals surface area contributed by atoms with E-state index in [4.69, 9.17) is 10.9 Å². The van der Waals surface area contributed by atoms with E-state index in [1.165, 1.54) is 25.7 Å². The van der Waals surface area contributed by atoms with E-state index in [1.54, 1.807) is 0 Å². The highest BCUT2D eigenvalue weighted by molar-refractivity contribution is 5.82. The van der Waals surface area contributed by atoms with Gasteiger partial charge in [0.05, 0.1) is 0 Å². The van der Waals surface area contributed by atoms with Crippen LogP contribution in [-0.2, 0) is 0 Å². The number of amidine groups is 1. The molecule has 0 aromatic heterocycles. The zero-order valence-corrected chi connectivity index (χ0v) is 10.0. The van der Waals surface area contributed by atoms with E-state index >= 15 is 0 Å². The molecule has 0 amide bonds. The van der Waals surface area contributed by atoms with E-state index in [-0.39, 0.29) is 5.92 Å². The Bertz CT molecular complexity index is 247. The average molecular weight is 225 g/mol. The molecule has 16 heavy (non-hydrogen) atoms. The molecule has 4 N–H and O–H groups in total. The van der Waals surface area contributed by atoms with Crippen LogP contribution in [0.1, 0.15) is 32.6 Å². The molecule has 4 heteroatoms. The third-order valence-electron chi connectivity index (χ3n) is 3.91. The molecule has 0 radical (unpaired) electrons. The van der Waals surface area contributed by atoms with Gasteiger partial charge in [-0.1, -0.05) is 12.1 Å². The lowest BCUT2D eigenvalue weighted by Gasteiger charge is -2.18. The van der Waals surface area contributed by atoms with Gasteiger partial charge in [-0.15, -0.1) is 0 Å². The van der Waals surface area contributed by atoms with E-state index in [0.717, 1.165) is 30.8 Å². The highest BCUT2D eigenvalue weighted by Crippen LogP contribution is 2.48. The molecule has 0 bridgehead atoms. The number of nitrogens with two attached hydrogens (primary N) is 1. The predicted octanol–water partition coefficient (Wildman–Crippen LogP) is 1.39. The maximum Gasteiger partial charge on any atom is 0.143 e. The van der Waals surface area contributed by atoms with Crippen LogP contribution in [0, 0.1) is 23.7 Å². The van der Waals surface area contributed by atoms with Crippen LogP contribution < -0.4 is 11.1 Å². The Morgan fingerprint density at radius 1 is 1.31 bits per heavy atom. The minimum Gasteiger partial charge on any atom is -0.409 e. The van der Waals surface area contributed by atoms with Gasteiger partial charge in [-0.3, -0.25) is 0 Å². The molecule has 2 aliphatic rings. The van der Waals surface area contributed by atoms with Crippen LogP contribution in [0.5, 0.6) is 0 Å². The quantitative estimate of drug-likeness (QED) is 0.265. The Balaban J connectivity index is 1.66. The van der Waals surface area contributed by atoms with Crippen LogP contribution in [0.15, 0.2) is 5.16 Å². The van der Waals surface area contributed by atoms with Crippen LogP contribution >= 0.6 is 0 Å². The molecule has 2 saturated carbocycles. The molecule has 0 aromatic carbocycles. The Hall–Kier alpha value is -0.770. The first-order valence-corrected chi connectivity index (χ1v) is 6.40. The summed E-state index contributed by atoms with van der Waals surface area (Å²) in [7, 11) is 0. The van der Waals surface area contributed by atoms with Gasteiger partial charge in [0.1, 0.15) is 5.84 Å². The SMILES string of the molecule is CC(CNCC(C1CC1)C1CC1)C(N)=NO. The number of oxime groups is 1. The van der Waals surface area contributed by atoms with E-state index in [2.05, 4.69) is 10.5 Å². The molecule has 2 aliphatic carbocycles. The van der Waals surface area contributed by atoms with Gasteiger partial charge >= 0.3 is 0 Å². The smallest absolute Gasteiger partial charge is 0.143 e. The van der Waals surface area contributed by atoms with E-state index in [0.29, 0.717) is 5.84 Å². The molecule has 1 atom stereocenters. The van der Waals surface area contributed by atoms with E-state index < -0.39 is 0 Å². The van der Waals surface area contributed by atoms with E-state index in [1.807, 2.05) is 6.92 Å². The van der Waals surface area contributed by atoms with Crippen molar-refractivity contribution in [3.05, 3.63) is 0 Å². The Morgan fingerprint density at radius 3 is 2.31 bits per heavy atom. The summed E-state index contributed by atoms with van der Waals surface area (Å²) in [6, 6.07) is 0. The van der Waals surface area contributed by atoms with Crippen molar-refractivity contribution >= 4 is 5.84 Å². The molecular weight excluding hydrogens is 202 g/mol. The monoisotopic (exact) mass is 225 g/mol. The minimum absolute atomic E-state index is 0.115. The van der Waals surface area contributed by atoms with Crippen molar-refractivity contribution in [3.8, 4) is 0 Å². The van der Waals surface area contributed by atoms with Gasteiger partial charge in [-0.05, 0) is 50.0 Å². The van der Waals surface area contributed by atoms with Crippen LogP contribution in [0.2, 0.25) is 0 Å². The van der Waals surface area contributed by atoms with Crippen LogP contribution in [0.25, 0.3) is 0 Å². The van der Waals surface area contributed by atoms with Crippen molar-refractivity contribution in [2.45, 2.75) is 32.6 Å². The van der Waals surface area contributed by atoms with Crippen molar-refractivity contribution in [1.29, 1.82) is 0 Å². The van der Waals surface area contributed by atoms with Crippen LogP contribution in [-0.4, -0.2) is 24.1 Å². The normalized spacial score (nSPS) is 23.8. The number of hydrogen-bond donors (Lipinski definition) is 3. The maximum atomic E-state index is 8.55. The third-order valence-corrected chi connectivity index (χ3v) is 3.91. The lowest BCUT2D eigenvalue weighted by atomic mass is 9.97. The number of nitrogens with one attached hydrogen (secondary N) is 1. The molecule has 0 heterocycles. The Labute approximate surface area is 97.3 Å². The molecule has 92 valence electrons. The summed E-state index contributed by atoms with van der Waals surface area (Å²) < 4.78 is 0. The predicted molar refractivity (Wildman–Crippen MR) is 64.4 cm³/mol. The van der Waals surface area contributed by atoms with Gasteiger partial charge in [0.15, 0.2) is 0 Å². The zero-order valence-electron chi connectivity index (χ0n) is 10.0. The largest absolute Gasteiger partial charge is 0.409 e. The lowest BCUT2D eigenvalue weighted by Crippen LogP contribution is -2.34. The topological polar surface area (TPSA) is 70.6 Å². The summed E-state index contributed by atoms with van der Waals surface area (Å²) in [5.41, 5.74) is 5.54. The zero-order chi connectivity index (χ0) is 11.5. The Morgan fingerprint density at radius 2 is 1.88 bits per heavy atom. The standard InChI is InChI=1S/C12H23N3O/c1-8(12(13)15-16)6-14-7-11(9-2-3-9)10-4-5-10/h8-11,14,16H,2-7H2,1H3,(H2,13,15). The minimum atomic E-state index is 0.115. The summed E-state index contributed by atoms with van der Waals surface area (Å²) >= 11 is 0. The van der Waals surface area contributed by atoms with Gasteiger partial charge in [0.25, 0.3) is 0 Å². The van der Waals surface area contributed by atoms with Crippen molar-refractivity contribution in [2.24, 2.45) is 34.6 Å². The molecule has 0 spiro atoms. The third kappa shape index (κ3) is 3.11. The number of nitrogens with zero attached hydrogens (tertiary/aromatic N) is 1. The molecule has 0 aliphatic heterocycles. The van der Waals surface area contributed by atoms with Crippen molar-refractivity contribution in [3.63, 3.8) is 0 Å². The van der Waals surface area contributed by atoms with Gasteiger partial charge in [-0.25, -0.2) is 0 Å². The van der Waals surface area contributed by atoms with Gasteiger partial charge < -0.3 is 16.3 Å². The second kappa shape index (κ2) is 5.04. The molecule has 1 unspecified atom stereocenters. The van der Waals surface area contributed by atoms with Gasteiger partial charge in [-0.2, -0.15) is 0 Å². The van der Waals surface area contributed by atoms with Crippen LogP contribution in [0.4, 0.5) is 0 Å². The highest BCUT2D eigenvalue weighted by Gasteiger charge is 2.40. The fourth-order valence-electron chi connectivity index (χ4n) is 2.44. The molecule has 2 fully saturated rings. The average Bonchev–Trinajstić information content (AvgIpc) is 3.15. The second-order valence-electron chi connectivity index (χ2n) is 5.42. The van der Waals surface area contributed by atoms with Gasteiger partial charge in [0.2, 0.25) is 0 Å². The molecular formula is C12H23N3O. The maximum absolute atomic E-state index is 8.55. The first-order valence-electron chi connectivity index (χ1n) is 6.40. The summed E-state index contributed by atoms with van der Waals surface area (Å²) in [6.45, 7) is 3.90. The van der Waals surface area contributed by atoms with Crippen molar-refractivity contribution in [1.82, 2.24) is 5.32 Å². The highest BCUT2D eigenvalue weighted by atomic mass is 16.4. The molecule has 2 rings (SSSR count). The number of rotatable bonds is 7. The summed E-state index contributed by atoms with van der Waals surface area (Å²) in [5.74, 6) is 3.30. The fourth-order valence-corrected chi connectivity index (χ4v) is 2.44. The molecule has 4 nitrogen and oxygen atoms in total. The van der Waals surface area contributed by atoms with Gasteiger partial charge in [0, 0.05) is 12.5 Å². The Kier molecular flexibility index (Phi) is 3.69. The molecule has 0 aromatic rings. The fraction of sp³-hybridized carbons (Fsp3) is 0.917. The summed E-state index contributed by atoms with van der Waals surface area (Å²) in [6.07, 6.45) is 5.72. The number of hydrogen-bond acceptors (Lipinski definition) is 3. The second-order valence-corrected chi connectivity index (χ2v) is 5.42.